The predicted octanol–water partition coefficient (Wildman–Crippen LogP) is 1.25. The lowest BCUT2D eigenvalue weighted by atomic mass is 9.58. The number of nitrogens with two attached hydrogens (primary N) is 2. The molecule has 3 aliphatic rings. The van der Waals surface area contributed by atoms with Crippen LogP contribution in [0.3, 0.4) is 0 Å². The van der Waals surface area contributed by atoms with E-state index < -0.39 is 58.0 Å². The number of fused-ring (bicyclic) bond motifs is 3. The monoisotopic (exact) mass is 519 g/mol. The molecule has 5 rings (SSSR count). The number of carbonyl (C=O) groups excluding carboxylic acids is 3. The predicted molar refractivity (Wildman–Crippen MR) is 137 cm³/mol. The second kappa shape index (κ2) is 8.80. The lowest BCUT2D eigenvalue weighted by Gasteiger charge is -2.50. The highest BCUT2D eigenvalue weighted by molar-refractivity contribution is 6.24. The molecule has 0 bridgehead atoms. The molecule has 198 valence electrons. The summed E-state index contributed by atoms with van der Waals surface area (Å²) in [6.45, 7) is 0.372. The van der Waals surface area contributed by atoms with Gasteiger partial charge < -0.3 is 31.9 Å². The molecule has 0 saturated heterocycles. The van der Waals surface area contributed by atoms with Gasteiger partial charge >= 0.3 is 0 Å². The fourth-order valence-corrected chi connectivity index (χ4v) is 6.34. The molecule has 4 atom stereocenters. The van der Waals surface area contributed by atoms with E-state index in [1.54, 1.807) is 20.2 Å². The number of phenolic OH excluding ortho intramolecular Hbond substituents is 1. The average Bonchev–Trinajstić information content (AvgIpc) is 2.86. The average molecular weight is 520 g/mol. The van der Waals surface area contributed by atoms with Crippen LogP contribution in [0.4, 0.5) is 0 Å². The minimum atomic E-state index is -2.66. The number of primary amides is 1. The zero-order valence-corrected chi connectivity index (χ0v) is 20.9. The highest BCUT2D eigenvalue weighted by atomic mass is 16.3. The van der Waals surface area contributed by atoms with Crippen LogP contribution in [0.25, 0.3) is 11.1 Å². The third-order valence-corrected chi connectivity index (χ3v) is 8.11. The fraction of sp³-hybridized carbons (Fsp3) is 0.321. The van der Waals surface area contributed by atoms with Gasteiger partial charge in [0.05, 0.1) is 11.6 Å². The van der Waals surface area contributed by atoms with Crippen LogP contribution >= 0.6 is 0 Å². The second-order valence-corrected chi connectivity index (χ2v) is 10.3. The number of aliphatic hydroxyl groups excluding tert-OH is 2. The molecule has 0 aliphatic heterocycles. The third-order valence-electron chi connectivity index (χ3n) is 8.11. The molecule has 8 N–H and O–H groups in total. The summed E-state index contributed by atoms with van der Waals surface area (Å²) in [5, 5.41) is 44.6. The SMILES string of the molecule is CN(C)[C@@H]1C(O)=C(C(N)=O)C(=O)[C@@]2(O)C(O)=C3C(=O)c4c(O)ccc(-c5ccc(CN)cc5)c4C[C@H]3C[C@@H]12. The summed E-state index contributed by atoms with van der Waals surface area (Å²) in [5.74, 6) is -6.71. The maximum atomic E-state index is 13.8. The number of phenols is 1. The zero-order chi connectivity index (χ0) is 27.7. The molecule has 0 aromatic heterocycles. The molecule has 10 heteroatoms. The van der Waals surface area contributed by atoms with Gasteiger partial charge in [0.25, 0.3) is 5.91 Å². The van der Waals surface area contributed by atoms with E-state index in [4.69, 9.17) is 11.5 Å². The molecular weight excluding hydrogens is 490 g/mol. The van der Waals surface area contributed by atoms with Crippen LogP contribution in [-0.4, -0.2) is 68.5 Å². The number of rotatable bonds is 4. The summed E-state index contributed by atoms with van der Waals surface area (Å²) in [4.78, 5) is 40.8. The van der Waals surface area contributed by atoms with E-state index in [9.17, 15) is 34.8 Å². The van der Waals surface area contributed by atoms with Crippen molar-refractivity contribution in [2.24, 2.45) is 23.3 Å². The molecule has 0 radical (unpaired) electrons. The summed E-state index contributed by atoms with van der Waals surface area (Å²) in [5.41, 5.74) is 10.4. The van der Waals surface area contributed by atoms with E-state index in [-0.39, 0.29) is 29.7 Å². The zero-order valence-electron chi connectivity index (χ0n) is 20.9. The quantitative estimate of drug-likeness (QED) is 0.323. The maximum Gasteiger partial charge on any atom is 0.255 e. The first-order valence-electron chi connectivity index (χ1n) is 12.2. The first-order chi connectivity index (χ1) is 17.9. The van der Waals surface area contributed by atoms with Crippen molar-refractivity contribution in [3.63, 3.8) is 0 Å². The molecule has 38 heavy (non-hydrogen) atoms. The Balaban J connectivity index is 1.70. The Bertz CT molecular complexity index is 1460. The molecule has 3 aliphatic carbocycles. The molecule has 0 fully saturated rings. The van der Waals surface area contributed by atoms with E-state index in [1.807, 2.05) is 24.3 Å². The van der Waals surface area contributed by atoms with Gasteiger partial charge in [0.2, 0.25) is 5.78 Å². The van der Waals surface area contributed by atoms with Crippen LogP contribution < -0.4 is 11.5 Å². The van der Waals surface area contributed by atoms with Crippen molar-refractivity contribution in [3.8, 4) is 16.9 Å². The molecule has 0 unspecified atom stereocenters. The summed E-state index contributed by atoms with van der Waals surface area (Å²) in [6.07, 6.45) is 0.254. The number of carbonyl (C=O) groups is 3. The largest absolute Gasteiger partial charge is 0.510 e. The summed E-state index contributed by atoms with van der Waals surface area (Å²) in [7, 11) is 3.18. The lowest BCUT2D eigenvalue weighted by molar-refractivity contribution is -0.148. The molecule has 1 amide bonds. The van der Waals surface area contributed by atoms with Crippen molar-refractivity contribution in [1.29, 1.82) is 0 Å². The van der Waals surface area contributed by atoms with Crippen molar-refractivity contribution in [2.75, 3.05) is 14.1 Å². The fourth-order valence-electron chi connectivity index (χ4n) is 6.34. The van der Waals surface area contributed by atoms with Gasteiger partial charge in [-0.3, -0.25) is 19.3 Å². The number of allylic oxidation sites excluding steroid dienone is 1. The van der Waals surface area contributed by atoms with E-state index >= 15 is 0 Å². The normalized spacial score (nSPS) is 26.8. The van der Waals surface area contributed by atoms with E-state index in [1.165, 1.54) is 11.0 Å². The van der Waals surface area contributed by atoms with E-state index in [2.05, 4.69) is 0 Å². The smallest absolute Gasteiger partial charge is 0.255 e. The molecule has 0 spiro atoms. The van der Waals surface area contributed by atoms with E-state index in [0.29, 0.717) is 12.1 Å². The second-order valence-electron chi connectivity index (χ2n) is 10.3. The number of benzene rings is 2. The van der Waals surface area contributed by atoms with Crippen LogP contribution in [-0.2, 0) is 22.6 Å². The van der Waals surface area contributed by atoms with Gasteiger partial charge in [-0.15, -0.1) is 0 Å². The summed E-state index contributed by atoms with van der Waals surface area (Å²) in [6, 6.07) is 9.56. The van der Waals surface area contributed by atoms with E-state index in [0.717, 1.165) is 16.7 Å². The van der Waals surface area contributed by atoms with Gasteiger partial charge in [-0.25, -0.2) is 0 Å². The maximum absolute atomic E-state index is 13.8. The number of likely N-dealkylation sites (N-methyl/N-ethyl adjacent to an activating group) is 1. The van der Waals surface area contributed by atoms with Crippen LogP contribution in [0, 0.1) is 11.8 Å². The Labute approximate surface area is 218 Å². The Morgan fingerprint density at radius 1 is 1.08 bits per heavy atom. The first kappa shape index (κ1) is 25.7. The van der Waals surface area contributed by atoms with Gasteiger partial charge in [0, 0.05) is 18.0 Å². The third kappa shape index (κ3) is 3.41. The number of aromatic hydroxyl groups is 1. The van der Waals surface area contributed by atoms with Gasteiger partial charge in [-0.05, 0) is 61.2 Å². The number of hydrogen-bond donors (Lipinski definition) is 6. The Morgan fingerprint density at radius 3 is 2.32 bits per heavy atom. The molecule has 0 saturated carbocycles. The molecule has 0 heterocycles. The van der Waals surface area contributed by atoms with Crippen molar-refractivity contribution in [1.82, 2.24) is 4.90 Å². The number of amides is 1. The standard InChI is InChI=1S/C28H29N3O7/c1-31(2)22-17-10-14-9-16-15(13-5-3-12(11-29)4-6-13)7-8-18(32)20(16)23(33)19(14)25(35)28(17,38)26(36)21(24(22)34)27(30)37/h3-8,14,17,22,32,34-35,38H,9-11,29H2,1-2H3,(H2,30,37)/t14-,17-,22-,28-/m0/s1. The number of aliphatic hydroxyl groups is 3. The number of Topliss-reactive ketones (excluding diaryl/α,β-unsaturated/α-hetero) is 2. The Hall–Kier alpha value is -3.99. The number of ketones is 2. The molecule has 2 aromatic rings. The highest BCUT2D eigenvalue weighted by Gasteiger charge is 2.63. The van der Waals surface area contributed by atoms with Crippen LogP contribution in [0.2, 0.25) is 0 Å². The van der Waals surface area contributed by atoms with Crippen molar-refractivity contribution >= 4 is 17.5 Å². The molecule has 2 aromatic carbocycles. The van der Waals surface area contributed by atoms with Crippen molar-refractivity contribution in [3.05, 3.63) is 75.8 Å². The van der Waals surface area contributed by atoms with Gasteiger partial charge in [0.1, 0.15) is 22.8 Å². The molecular formula is C28H29N3O7. The highest BCUT2D eigenvalue weighted by Crippen LogP contribution is 2.53. The first-order valence-corrected chi connectivity index (χ1v) is 12.2. The summed E-state index contributed by atoms with van der Waals surface area (Å²) >= 11 is 0. The van der Waals surface area contributed by atoms with Crippen LogP contribution in [0.1, 0.15) is 27.9 Å². The number of hydrogen-bond acceptors (Lipinski definition) is 9. The van der Waals surface area contributed by atoms with Crippen LogP contribution in [0.15, 0.2) is 59.1 Å². The van der Waals surface area contributed by atoms with Crippen molar-refractivity contribution in [2.45, 2.75) is 31.0 Å². The minimum absolute atomic E-state index is 0.0221. The molecule has 10 nitrogen and oxygen atoms in total. The van der Waals surface area contributed by atoms with Crippen molar-refractivity contribution < 1.29 is 34.8 Å². The Morgan fingerprint density at radius 2 is 1.74 bits per heavy atom. The minimum Gasteiger partial charge on any atom is -0.510 e. The van der Waals surface area contributed by atoms with Gasteiger partial charge in [-0.1, -0.05) is 30.3 Å². The number of nitrogens with zero attached hydrogens (tertiary/aromatic N) is 1. The van der Waals surface area contributed by atoms with Crippen LogP contribution in [0.5, 0.6) is 5.75 Å². The Kier molecular flexibility index (Phi) is 5.94. The lowest BCUT2D eigenvalue weighted by Crippen LogP contribution is -2.63. The van der Waals surface area contributed by atoms with Gasteiger partial charge in [-0.2, -0.15) is 0 Å². The van der Waals surface area contributed by atoms with Gasteiger partial charge in [0.15, 0.2) is 11.4 Å². The topological polar surface area (TPSA) is 187 Å². The summed E-state index contributed by atoms with van der Waals surface area (Å²) < 4.78 is 0.